The maximum atomic E-state index is 13.1. The van der Waals surface area contributed by atoms with Crippen molar-refractivity contribution in [3.8, 4) is 11.5 Å². The minimum absolute atomic E-state index is 0.293. The highest BCUT2D eigenvalue weighted by Gasteiger charge is 2.23. The Morgan fingerprint density at radius 3 is 2.90 bits per heavy atom. The molecule has 0 radical (unpaired) electrons. The number of anilines is 1. The summed E-state index contributed by atoms with van der Waals surface area (Å²) in [6.45, 7) is 1.78. The Hall–Kier alpha value is -3.07. The topological polar surface area (TPSA) is 107 Å². The van der Waals surface area contributed by atoms with Crippen molar-refractivity contribution in [1.29, 1.82) is 0 Å². The third-order valence-electron chi connectivity index (χ3n) is 5.25. The van der Waals surface area contributed by atoms with Gasteiger partial charge in [0.25, 0.3) is 11.6 Å². The third-order valence-corrected chi connectivity index (χ3v) is 6.25. The first-order valence-corrected chi connectivity index (χ1v) is 10.5. The first kappa shape index (κ1) is 18.0. The molecule has 9 heteroatoms. The zero-order chi connectivity index (χ0) is 19.8. The summed E-state index contributed by atoms with van der Waals surface area (Å²) >= 11 is 1.45. The first-order valence-electron chi connectivity index (χ1n) is 9.64. The summed E-state index contributed by atoms with van der Waals surface area (Å²) in [5, 5.41) is 17.4. The Morgan fingerprint density at radius 1 is 1.24 bits per heavy atom. The second kappa shape index (κ2) is 7.40. The first-order chi connectivity index (χ1) is 14.2. The fourth-order valence-corrected chi connectivity index (χ4v) is 4.70. The van der Waals surface area contributed by atoms with Crippen molar-refractivity contribution in [3.63, 3.8) is 0 Å². The summed E-state index contributed by atoms with van der Waals surface area (Å²) in [7, 11) is 0. The molecule has 0 bridgehead atoms. The predicted molar refractivity (Wildman–Crippen MR) is 108 cm³/mol. The quantitative estimate of drug-likeness (QED) is 0.508. The highest BCUT2D eigenvalue weighted by molar-refractivity contribution is 7.15. The fraction of sp³-hybridized carbons (Fsp3) is 0.350. The van der Waals surface area contributed by atoms with Crippen molar-refractivity contribution in [2.75, 3.05) is 5.32 Å². The van der Waals surface area contributed by atoms with Gasteiger partial charge in [0.2, 0.25) is 5.13 Å². The van der Waals surface area contributed by atoms with Gasteiger partial charge in [0.05, 0.1) is 22.9 Å². The Kier molecular flexibility index (Phi) is 4.59. The van der Waals surface area contributed by atoms with Crippen molar-refractivity contribution in [2.45, 2.75) is 44.9 Å². The number of hydrogen-bond donors (Lipinski definition) is 1. The zero-order valence-electron chi connectivity index (χ0n) is 15.8. The molecule has 1 saturated carbocycles. The highest BCUT2D eigenvalue weighted by Crippen LogP contribution is 2.35. The van der Waals surface area contributed by atoms with Crippen LogP contribution in [-0.4, -0.2) is 26.2 Å². The van der Waals surface area contributed by atoms with E-state index >= 15 is 0 Å². The number of nitrogens with one attached hydrogen (secondary N) is 1. The van der Waals surface area contributed by atoms with Crippen LogP contribution in [0.2, 0.25) is 0 Å². The van der Waals surface area contributed by atoms with Crippen molar-refractivity contribution in [1.82, 2.24) is 20.3 Å². The lowest BCUT2D eigenvalue weighted by Gasteiger charge is -2.18. The van der Waals surface area contributed by atoms with Gasteiger partial charge in [-0.25, -0.2) is 4.98 Å². The molecule has 1 fully saturated rings. The summed E-state index contributed by atoms with van der Waals surface area (Å²) in [5.41, 5.74) is 1.81. The lowest BCUT2D eigenvalue weighted by atomic mass is 9.90. The van der Waals surface area contributed by atoms with E-state index in [0.29, 0.717) is 44.9 Å². The predicted octanol–water partition coefficient (Wildman–Crippen LogP) is 4.94. The van der Waals surface area contributed by atoms with Crippen LogP contribution >= 0.6 is 11.3 Å². The van der Waals surface area contributed by atoms with E-state index in [-0.39, 0.29) is 5.91 Å². The molecule has 29 heavy (non-hydrogen) atoms. The summed E-state index contributed by atoms with van der Waals surface area (Å²) in [4.78, 5) is 17.5. The molecule has 0 spiro atoms. The maximum Gasteiger partial charge on any atom is 0.259 e. The molecule has 1 aliphatic rings. The zero-order valence-corrected chi connectivity index (χ0v) is 16.7. The van der Waals surface area contributed by atoms with Gasteiger partial charge in [-0.3, -0.25) is 10.1 Å². The summed E-state index contributed by atoms with van der Waals surface area (Å²) in [6.07, 6.45) is 7.57. The van der Waals surface area contributed by atoms with Gasteiger partial charge in [0.15, 0.2) is 5.76 Å². The number of carbonyl (C=O) groups is 1. The van der Waals surface area contributed by atoms with Crippen LogP contribution in [0.25, 0.3) is 22.6 Å². The monoisotopic (exact) mass is 409 g/mol. The number of carbonyl (C=O) groups excluding carboxylic acids is 1. The van der Waals surface area contributed by atoms with Crippen LogP contribution in [0.5, 0.6) is 0 Å². The van der Waals surface area contributed by atoms with E-state index in [1.165, 1.54) is 30.6 Å². The van der Waals surface area contributed by atoms with Crippen LogP contribution in [0.1, 0.15) is 59.1 Å². The van der Waals surface area contributed by atoms with Gasteiger partial charge < -0.3 is 8.94 Å². The standard InChI is InChI=1S/C20H19N5O3S/c1-11-16-13(10-14(15-8-5-9-27-15)21-18(16)28-25-11)17(26)22-20-24-23-19(29-20)12-6-3-2-4-7-12/h5,8-10,12H,2-4,6-7H2,1H3,(H,22,24,26). The number of aryl methyl sites for hydroxylation is 1. The lowest BCUT2D eigenvalue weighted by Crippen LogP contribution is -2.13. The van der Waals surface area contributed by atoms with Crippen molar-refractivity contribution >= 4 is 33.5 Å². The lowest BCUT2D eigenvalue weighted by molar-refractivity contribution is 0.102. The second-order valence-electron chi connectivity index (χ2n) is 7.22. The van der Waals surface area contributed by atoms with Crippen molar-refractivity contribution < 1.29 is 13.7 Å². The number of rotatable bonds is 4. The molecule has 0 aliphatic heterocycles. The van der Waals surface area contributed by atoms with Crippen molar-refractivity contribution in [2.24, 2.45) is 0 Å². The Balaban J connectivity index is 1.46. The van der Waals surface area contributed by atoms with Crippen LogP contribution in [-0.2, 0) is 0 Å². The molecular formula is C20H19N5O3S. The van der Waals surface area contributed by atoms with Crippen LogP contribution < -0.4 is 5.32 Å². The van der Waals surface area contributed by atoms with Gasteiger partial charge in [0, 0.05) is 5.92 Å². The van der Waals surface area contributed by atoms with E-state index in [1.807, 2.05) is 0 Å². The highest BCUT2D eigenvalue weighted by atomic mass is 32.1. The number of pyridine rings is 1. The number of furan rings is 1. The molecule has 1 aliphatic carbocycles. The minimum Gasteiger partial charge on any atom is -0.463 e. The van der Waals surface area contributed by atoms with Gasteiger partial charge >= 0.3 is 0 Å². The van der Waals surface area contributed by atoms with Crippen LogP contribution in [0.4, 0.5) is 5.13 Å². The van der Waals surface area contributed by atoms with Crippen LogP contribution in [0, 0.1) is 6.92 Å². The van der Waals surface area contributed by atoms with Gasteiger partial charge in [0.1, 0.15) is 10.7 Å². The fourth-order valence-electron chi connectivity index (χ4n) is 3.79. The van der Waals surface area contributed by atoms with Gasteiger partial charge in [-0.15, -0.1) is 10.2 Å². The molecule has 0 atom stereocenters. The minimum atomic E-state index is -0.303. The Morgan fingerprint density at radius 2 is 2.10 bits per heavy atom. The average Bonchev–Trinajstić information content (AvgIpc) is 3.50. The SMILES string of the molecule is Cc1noc2nc(-c3ccco3)cc(C(=O)Nc3nnc(C4CCCCC4)s3)c12. The van der Waals surface area contributed by atoms with E-state index in [0.717, 1.165) is 17.8 Å². The molecule has 8 nitrogen and oxygen atoms in total. The molecule has 5 rings (SSSR count). The Labute approximate surface area is 170 Å². The molecule has 4 aromatic heterocycles. The molecule has 0 aromatic carbocycles. The molecule has 1 amide bonds. The number of hydrogen-bond acceptors (Lipinski definition) is 8. The number of amides is 1. The number of nitrogens with zero attached hydrogens (tertiary/aromatic N) is 4. The maximum absolute atomic E-state index is 13.1. The molecule has 1 N–H and O–H groups in total. The molecule has 4 aromatic rings. The van der Waals surface area contributed by atoms with E-state index < -0.39 is 0 Å². The molecule has 0 saturated heterocycles. The number of fused-ring (bicyclic) bond motifs is 1. The summed E-state index contributed by atoms with van der Waals surface area (Å²) in [6, 6.07) is 5.23. The molecule has 4 heterocycles. The normalized spacial score (nSPS) is 15.1. The van der Waals surface area contributed by atoms with E-state index in [9.17, 15) is 4.79 Å². The van der Waals surface area contributed by atoms with Gasteiger partial charge in [-0.2, -0.15) is 0 Å². The molecular weight excluding hydrogens is 390 g/mol. The largest absolute Gasteiger partial charge is 0.463 e. The van der Waals surface area contributed by atoms with E-state index in [2.05, 4.69) is 25.7 Å². The number of aromatic nitrogens is 4. The smallest absolute Gasteiger partial charge is 0.259 e. The van der Waals surface area contributed by atoms with Gasteiger partial charge in [-0.1, -0.05) is 35.8 Å². The van der Waals surface area contributed by atoms with E-state index in [1.54, 1.807) is 31.4 Å². The third kappa shape index (κ3) is 3.42. The molecule has 148 valence electrons. The van der Waals surface area contributed by atoms with E-state index in [4.69, 9.17) is 8.94 Å². The second-order valence-corrected chi connectivity index (χ2v) is 8.22. The van der Waals surface area contributed by atoms with Crippen LogP contribution in [0.3, 0.4) is 0 Å². The summed E-state index contributed by atoms with van der Waals surface area (Å²) < 4.78 is 10.7. The van der Waals surface area contributed by atoms with Crippen molar-refractivity contribution in [3.05, 3.63) is 40.7 Å². The Bertz CT molecular complexity index is 1160. The summed E-state index contributed by atoms with van der Waals surface area (Å²) in [5.74, 6) is 0.693. The van der Waals surface area contributed by atoms with Crippen LogP contribution in [0.15, 0.2) is 33.4 Å². The average molecular weight is 409 g/mol. The van der Waals surface area contributed by atoms with Gasteiger partial charge in [-0.05, 0) is 38.0 Å². The molecule has 0 unspecified atom stereocenters.